The fourth-order valence-electron chi connectivity index (χ4n) is 3.65. The molecule has 0 spiro atoms. The summed E-state index contributed by atoms with van der Waals surface area (Å²) in [7, 11) is 0. The van der Waals surface area contributed by atoms with Crippen LogP contribution in [0.2, 0.25) is 0 Å². The van der Waals surface area contributed by atoms with Gasteiger partial charge in [-0.1, -0.05) is 0 Å². The molecule has 7 nitrogen and oxygen atoms in total. The van der Waals surface area contributed by atoms with Crippen LogP contribution < -0.4 is 4.90 Å². The van der Waals surface area contributed by atoms with Crippen LogP contribution in [0.25, 0.3) is 5.65 Å². The largest absolute Gasteiger partial charge is 0.354 e. The second-order valence-corrected chi connectivity index (χ2v) is 6.50. The molecule has 2 saturated heterocycles. The van der Waals surface area contributed by atoms with Gasteiger partial charge in [0, 0.05) is 26.2 Å². The van der Waals surface area contributed by atoms with Crippen LogP contribution in [0, 0.1) is 5.92 Å². The summed E-state index contributed by atoms with van der Waals surface area (Å²) in [6, 6.07) is 3.89. The topological polar surface area (TPSA) is 66.6 Å². The molecule has 0 saturated carbocycles. The number of carbonyl (C=O) groups is 1. The SMILES string of the molecule is O=C(C1CCCN(c2ccc3nncn3n2)C1)N1CCCCC1. The number of fused-ring (bicyclic) bond motifs is 1. The summed E-state index contributed by atoms with van der Waals surface area (Å²) in [5.41, 5.74) is 0.742. The third-order valence-corrected chi connectivity index (χ3v) is 4.91. The van der Waals surface area contributed by atoms with Crippen molar-refractivity contribution in [3.63, 3.8) is 0 Å². The van der Waals surface area contributed by atoms with Crippen LogP contribution in [0.3, 0.4) is 0 Å². The van der Waals surface area contributed by atoms with E-state index in [-0.39, 0.29) is 5.92 Å². The first-order chi connectivity index (χ1) is 11.3. The highest BCUT2D eigenvalue weighted by Gasteiger charge is 2.30. The molecular formula is C16H22N6O. The molecule has 1 atom stereocenters. The molecule has 2 fully saturated rings. The van der Waals surface area contributed by atoms with Crippen molar-refractivity contribution in [3.8, 4) is 0 Å². The van der Waals surface area contributed by atoms with Crippen molar-refractivity contribution in [3.05, 3.63) is 18.5 Å². The maximum Gasteiger partial charge on any atom is 0.227 e. The number of amides is 1. The highest BCUT2D eigenvalue weighted by molar-refractivity contribution is 5.79. The van der Waals surface area contributed by atoms with Crippen LogP contribution in [-0.2, 0) is 4.79 Å². The van der Waals surface area contributed by atoms with Gasteiger partial charge < -0.3 is 9.80 Å². The fourth-order valence-corrected chi connectivity index (χ4v) is 3.65. The second kappa shape index (κ2) is 6.14. The molecule has 7 heteroatoms. The Morgan fingerprint density at radius 2 is 1.96 bits per heavy atom. The number of aromatic nitrogens is 4. The Labute approximate surface area is 135 Å². The monoisotopic (exact) mass is 314 g/mol. The predicted molar refractivity (Wildman–Crippen MR) is 86.2 cm³/mol. The van der Waals surface area contributed by atoms with Gasteiger partial charge in [-0.3, -0.25) is 4.79 Å². The molecule has 0 N–H and O–H groups in total. The number of nitrogens with zero attached hydrogens (tertiary/aromatic N) is 6. The number of piperidine rings is 2. The van der Waals surface area contributed by atoms with Gasteiger partial charge in [0.25, 0.3) is 0 Å². The van der Waals surface area contributed by atoms with Gasteiger partial charge in [0.05, 0.1) is 5.92 Å². The molecule has 2 aromatic heterocycles. The van der Waals surface area contributed by atoms with Gasteiger partial charge in [-0.25, -0.2) is 0 Å². The number of likely N-dealkylation sites (tertiary alicyclic amines) is 1. The minimum Gasteiger partial charge on any atom is -0.354 e. The molecule has 0 radical (unpaired) electrons. The molecule has 0 bridgehead atoms. The number of carbonyl (C=O) groups excluding carboxylic acids is 1. The molecule has 1 amide bonds. The lowest BCUT2D eigenvalue weighted by Gasteiger charge is -2.36. The lowest BCUT2D eigenvalue weighted by molar-refractivity contribution is -0.136. The Balaban J connectivity index is 1.48. The number of rotatable bonds is 2. The summed E-state index contributed by atoms with van der Waals surface area (Å²) in [5.74, 6) is 1.33. The Morgan fingerprint density at radius 1 is 1.09 bits per heavy atom. The van der Waals surface area contributed by atoms with E-state index in [0.717, 1.165) is 63.3 Å². The zero-order chi connectivity index (χ0) is 15.6. The van der Waals surface area contributed by atoms with Crippen molar-refractivity contribution in [1.29, 1.82) is 0 Å². The van der Waals surface area contributed by atoms with Crippen LogP contribution >= 0.6 is 0 Å². The smallest absolute Gasteiger partial charge is 0.227 e. The van der Waals surface area contributed by atoms with Gasteiger partial charge in [-0.15, -0.1) is 15.3 Å². The van der Waals surface area contributed by atoms with Crippen molar-refractivity contribution in [2.75, 3.05) is 31.1 Å². The Morgan fingerprint density at radius 3 is 2.83 bits per heavy atom. The van der Waals surface area contributed by atoms with Gasteiger partial charge in [-0.05, 0) is 44.2 Å². The van der Waals surface area contributed by atoms with E-state index in [1.165, 1.54) is 6.42 Å². The zero-order valence-corrected chi connectivity index (χ0v) is 13.3. The van der Waals surface area contributed by atoms with Crippen LogP contribution in [0.5, 0.6) is 0 Å². The molecule has 23 heavy (non-hydrogen) atoms. The molecule has 1 unspecified atom stereocenters. The van der Waals surface area contributed by atoms with Crippen LogP contribution in [0.4, 0.5) is 5.82 Å². The maximum absolute atomic E-state index is 12.8. The summed E-state index contributed by atoms with van der Waals surface area (Å²) >= 11 is 0. The molecule has 4 heterocycles. The molecule has 4 rings (SSSR count). The van der Waals surface area contributed by atoms with Gasteiger partial charge >= 0.3 is 0 Å². The first-order valence-electron chi connectivity index (χ1n) is 8.52. The van der Waals surface area contributed by atoms with E-state index in [1.54, 1.807) is 10.8 Å². The summed E-state index contributed by atoms with van der Waals surface area (Å²) in [6.45, 7) is 3.57. The van der Waals surface area contributed by atoms with Crippen molar-refractivity contribution in [1.82, 2.24) is 24.7 Å². The van der Waals surface area contributed by atoms with Crippen LogP contribution in [0.15, 0.2) is 18.5 Å². The first kappa shape index (κ1) is 14.4. The molecular weight excluding hydrogens is 292 g/mol. The number of hydrogen-bond donors (Lipinski definition) is 0. The fraction of sp³-hybridized carbons (Fsp3) is 0.625. The normalized spacial score (nSPS) is 22.5. The van der Waals surface area contributed by atoms with E-state index in [0.29, 0.717) is 5.91 Å². The lowest BCUT2D eigenvalue weighted by atomic mass is 9.95. The van der Waals surface area contributed by atoms with Crippen molar-refractivity contribution >= 4 is 17.4 Å². The second-order valence-electron chi connectivity index (χ2n) is 6.50. The summed E-state index contributed by atoms with van der Waals surface area (Å²) in [6.07, 6.45) is 7.18. The van der Waals surface area contributed by atoms with Gasteiger partial charge in [0.2, 0.25) is 5.91 Å². The van der Waals surface area contributed by atoms with E-state index in [2.05, 4.69) is 25.1 Å². The van der Waals surface area contributed by atoms with Gasteiger partial charge in [0.15, 0.2) is 5.65 Å². The average molecular weight is 314 g/mol. The van der Waals surface area contributed by atoms with E-state index >= 15 is 0 Å². The van der Waals surface area contributed by atoms with Crippen LogP contribution in [-0.4, -0.2) is 56.8 Å². The standard InChI is InChI=1S/C16H22N6O/c23-16(20-8-2-1-3-9-20)13-5-4-10-21(11-13)15-7-6-14-18-17-12-22(14)19-15/h6-7,12-13H,1-5,8-11H2. The lowest BCUT2D eigenvalue weighted by Crippen LogP contribution is -2.46. The highest BCUT2D eigenvalue weighted by Crippen LogP contribution is 2.24. The van der Waals surface area contributed by atoms with Crippen molar-refractivity contribution in [2.45, 2.75) is 32.1 Å². The van der Waals surface area contributed by atoms with E-state index in [9.17, 15) is 4.79 Å². The third-order valence-electron chi connectivity index (χ3n) is 4.91. The van der Waals surface area contributed by atoms with Crippen molar-refractivity contribution < 1.29 is 4.79 Å². The van der Waals surface area contributed by atoms with E-state index in [4.69, 9.17) is 0 Å². The van der Waals surface area contributed by atoms with Crippen LogP contribution in [0.1, 0.15) is 32.1 Å². The molecule has 122 valence electrons. The number of anilines is 1. The first-order valence-corrected chi connectivity index (χ1v) is 8.52. The Hall–Kier alpha value is -2.18. The summed E-state index contributed by atoms with van der Waals surface area (Å²) < 4.78 is 1.69. The summed E-state index contributed by atoms with van der Waals surface area (Å²) in [4.78, 5) is 17.0. The molecule has 2 aliphatic rings. The maximum atomic E-state index is 12.8. The third kappa shape index (κ3) is 2.87. The predicted octanol–water partition coefficient (Wildman–Crippen LogP) is 1.35. The Bertz CT molecular complexity index is 693. The molecule has 2 aliphatic heterocycles. The minimum absolute atomic E-state index is 0.0975. The zero-order valence-electron chi connectivity index (χ0n) is 13.3. The molecule has 0 aliphatic carbocycles. The van der Waals surface area contributed by atoms with Gasteiger partial charge in [0.1, 0.15) is 12.1 Å². The summed E-state index contributed by atoms with van der Waals surface area (Å²) in [5, 5.41) is 12.4. The van der Waals surface area contributed by atoms with E-state index in [1.807, 2.05) is 12.1 Å². The molecule has 0 aromatic carbocycles. The van der Waals surface area contributed by atoms with Gasteiger partial charge in [-0.2, -0.15) is 4.52 Å². The minimum atomic E-state index is 0.0975. The van der Waals surface area contributed by atoms with Crippen molar-refractivity contribution in [2.24, 2.45) is 5.92 Å². The Kier molecular flexibility index (Phi) is 3.85. The average Bonchev–Trinajstić information content (AvgIpc) is 3.09. The number of hydrogen-bond acceptors (Lipinski definition) is 5. The van der Waals surface area contributed by atoms with E-state index < -0.39 is 0 Å². The quantitative estimate of drug-likeness (QED) is 0.837. The molecule has 2 aromatic rings. The highest BCUT2D eigenvalue weighted by atomic mass is 16.2.